The predicted molar refractivity (Wildman–Crippen MR) is 92.0 cm³/mol. The van der Waals surface area contributed by atoms with Gasteiger partial charge in [-0.05, 0) is 24.5 Å². The minimum Gasteiger partial charge on any atom is -0.383 e. The highest BCUT2D eigenvalue weighted by Gasteiger charge is 2.23. The van der Waals surface area contributed by atoms with Crippen LogP contribution >= 0.6 is 0 Å². The van der Waals surface area contributed by atoms with Gasteiger partial charge in [-0.15, -0.1) is 0 Å². The summed E-state index contributed by atoms with van der Waals surface area (Å²) in [4.78, 5) is 23.3. The molecule has 1 N–H and O–H groups in total. The number of nitrogens with zero attached hydrogens (tertiary/aromatic N) is 3. The number of carbonyl (C=O) groups excluding carboxylic acids is 1. The number of nitrogens with one attached hydrogen (secondary N) is 1. The molecule has 0 spiro atoms. The van der Waals surface area contributed by atoms with Crippen molar-refractivity contribution in [2.24, 2.45) is 0 Å². The highest BCUT2D eigenvalue weighted by molar-refractivity contribution is 5.93. The summed E-state index contributed by atoms with van der Waals surface area (Å²) < 4.78 is 5.02. The maximum atomic E-state index is 12.8. The zero-order valence-corrected chi connectivity index (χ0v) is 14.1. The summed E-state index contributed by atoms with van der Waals surface area (Å²) in [6.07, 6.45) is 0.880. The topological polar surface area (TPSA) is 67.3 Å². The molecular weight excluding hydrogens is 304 g/mol. The Kier molecular flexibility index (Phi) is 5.05. The summed E-state index contributed by atoms with van der Waals surface area (Å²) in [5, 5.41) is 3.15. The Morgan fingerprint density at radius 1 is 1.29 bits per heavy atom. The minimum absolute atomic E-state index is 0.0511. The summed E-state index contributed by atoms with van der Waals surface area (Å²) in [7, 11) is 1.65. The van der Waals surface area contributed by atoms with Gasteiger partial charge >= 0.3 is 0 Å². The van der Waals surface area contributed by atoms with E-state index in [4.69, 9.17) is 4.74 Å². The molecular formula is C18H22N4O2. The third-order valence-corrected chi connectivity index (χ3v) is 4.09. The van der Waals surface area contributed by atoms with Gasteiger partial charge in [-0.2, -0.15) is 0 Å². The van der Waals surface area contributed by atoms with Crippen molar-refractivity contribution in [1.82, 2.24) is 14.9 Å². The Hall–Kier alpha value is -2.47. The number of hydrogen-bond donors (Lipinski definition) is 1. The number of aryl methyl sites for hydroxylation is 1. The quantitative estimate of drug-likeness (QED) is 0.852. The number of anilines is 1. The van der Waals surface area contributed by atoms with Crippen LogP contribution in [-0.4, -0.2) is 47.6 Å². The van der Waals surface area contributed by atoms with Crippen molar-refractivity contribution in [1.29, 1.82) is 0 Å². The number of ether oxygens (including phenoxy) is 1. The first-order valence-electron chi connectivity index (χ1n) is 8.12. The van der Waals surface area contributed by atoms with Crippen LogP contribution in [0.5, 0.6) is 0 Å². The van der Waals surface area contributed by atoms with Crippen molar-refractivity contribution in [2.45, 2.75) is 19.9 Å². The molecule has 1 aromatic carbocycles. The average Bonchev–Trinajstić information content (AvgIpc) is 2.60. The Labute approximate surface area is 141 Å². The average molecular weight is 326 g/mol. The van der Waals surface area contributed by atoms with Crippen LogP contribution in [0.1, 0.15) is 27.4 Å². The monoisotopic (exact) mass is 326 g/mol. The smallest absolute Gasteiger partial charge is 0.272 e. The van der Waals surface area contributed by atoms with Crippen molar-refractivity contribution in [2.75, 3.05) is 32.1 Å². The van der Waals surface area contributed by atoms with Gasteiger partial charge in [0.2, 0.25) is 0 Å². The first-order valence-corrected chi connectivity index (χ1v) is 8.12. The highest BCUT2D eigenvalue weighted by atomic mass is 16.5. The third-order valence-electron chi connectivity index (χ3n) is 4.09. The maximum absolute atomic E-state index is 12.8. The number of benzene rings is 1. The Morgan fingerprint density at radius 2 is 2.08 bits per heavy atom. The molecule has 0 saturated carbocycles. The first-order chi connectivity index (χ1) is 11.7. The van der Waals surface area contributed by atoms with Crippen LogP contribution < -0.4 is 5.32 Å². The number of carbonyl (C=O) groups is 1. The van der Waals surface area contributed by atoms with Crippen molar-refractivity contribution < 1.29 is 9.53 Å². The fraction of sp³-hybridized carbons (Fsp3) is 0.389. The van der Waals surface area contributed by atoms with E-state index in [1.807, 2.05) is 17.0 Å². The van der Waals surface area contributed by atoms with E-state index in [1.54, 1.807) is 20.1 Å². The van der Waals surface area contributed by atoms with Gasteiger partial charge in [0.25, 0.3) is 5.91 Å². The maximum Gasteiger partial charge on any atom is 0.272 e. The lowest BCUT2D eigenvalue weighted by Crippen LogP contribution is -2.36. The molecule has 0 saturated heterocycles. The van der Waals surface area contributed by atoms with Gasteiger partial charge in [0, 0.05) is 32.8 Å². The van der Waals surface area contributed by atoms with Gasteiger partial charge in [-0.25, -0.2) is 9.97 Å². The van der Waals surface area contributed by atoms with E-state index in [-0.39, 0.29) is 5.91 Å². The minimum atomic E-state index is -0.0511. The van der Waals surface area contributed by atoms with Gasteiger partial charge in [0.1, 0.15) is 17.3 Å². The van der Waals surface area contributed by atoms with Crippen LogP contribution in [0.25, 0.3) is 0 Å². The molecule has 24 heavy (non-hydrogen) atoms. The normalized spacial score (nSPS) is 13.5. The second-order valence-corrected chi connectivity index (χ2v) is 5.85. The molecule has 126 valence electrons. The van der Waals surface area contributed by atoms with Gasteiger partial charge in [0.15, 0.2) is 0 Å². The van der Waals surface area contributed by atoms with Gasteiger partial charge in [-0.1, -0.05) is 24.3 Å². The molecule has 1 aliphatic rings. The molecule has 1 aliphatic heterocycles. The Bertz CT molecular complexity index is 733. The second kappa shape index (κ2) is 7.40. The van der Waals surface area contributed by atoms with Gasteiger partial charge < -0.3 is 15.0 Å². The SMILES string of the molecule is COCCNc1cc(C(=O)N2CCc3ccccc3C2)nc(C)n1. The molecule has 0 unspecified atom stereocenters. The molecule has 1 amide bonds. The van der Waals surface area contributed by atoms with E-state index in [0.29, 0.717) is 43.6 Å². The fourth-order valence-corrected chi connectivity index (χ4v) is 2.88. The lowest BCUT2D eigenvalue weighted by atomic mass is 10.00. The number of hydrogen-bond acceptors (Lipinski definition) is 5. The summed E-state index contributed by atoms with van der Waals surface area (Å²) in [5.41, 5.74) is 2.96. The molecule has 6 heteroatoms. The van der Waals surface area contributed by atoms with E-state index in [9.17, 15) is 4.79 Å². The largest absolute Gasteiger partial charge is 0.383 e. The van der Waals surface area contributed by atoms with Crippen LogP contribution in [-0.2, 0) is 17.7 Å². The van der Waals surface area contributed by atoms with Crippen molar-refractivity contribution in [3.63, 3.8) is 0 Å². The number of rotatable bonds is 5. The Balaban J connectivity index is 1.75. The number of fused-ring (bicyclic) bond motifs is 1. The molecule has 2 aromatic rings. The molecule has 0 radical (unpaired) electrons. The van der Waals surface area contributed by atoms with Crippen LogP contribution in [0.15, 0.2) is 30.3 Å². The summed E-state index contributed by atoms with van der Waals surface area (Å²) in [6.45, 7) is 4.35. The van der Waals surface area contributed by atoms with E-state index in [1.165, 1.54) is 11.1 Å². The van der Waals surface area contributed by atoms with Gasteiger partial charge in [0.05, 0.1) is 6.61 Å². The zero-order chi connectivity index (χ0) is 16.9. The lowest BCUT2D eigenvalue weighted by Gasteiger charge is -2.28. The lowest BCUT2D eigenvalue weighted by molar-refractivity contribution is 0.0728. The number of aromatic nitrogens is 2. The molecule has 3 rings (SSSR count). The van der Waals surface area contributed by atoms with E-state index < -0.39 is 0 Å². The summed E-state index contributed by atoms with van der Waals surface area (Å²) in [5.74, 6) is 1.18. The first kappa shape index (κ1) is 16.4. The molecule has 0 bridgehead atoms. The summed E-state index contributed by atoms with van der Waals surface area (Å²) >= 11 is 0. The number of methoxy groups -OCH3 is 1. The van der Waals surface area contributed by atoms with E-state index in [0.717, 1.165) is 6.42 Å². The Morgan fingerprint density at radius 3 is 2.88 bits per heavy atom. The molecule has 6 nitrogen and oxygen atoms in total. The van der Waals surface area contributed by atoms with E-state index in [2.05, 4.69) is 27.4 Å². The molecule has 0 aliphatic carbocycles. The van der Waals surface area contributed by atoms with Crippen LogP contribution in [0, 0.1) is 6.92 Å². The van der Waals surface area contributed by atoms with Crippen LogP contribution in [0.3, 0.4) is 0 Å². The molecule has 0 atom stereocenters. The number of amides is 1. The standard InChI is InChI=1S/C18H22N4O2/c1-13-20-16(11-17(21-13)19-8-10-24-2)18(23)22-9-7-14-5-3-4-6-15(14)12-22/h3-6,11H,7-10,12H2,1-2H3,(H,19,20,21). The fourth-order valence-electron chi connectivity index (χ4n) is 2.88. The predicted octanol–water partition coefficient (Wildman–Crippen LogP) is 2.04. The second-order valence-electron chi connectivity index (χ2n) is 5.85. The van der Waals surface area contributed by atoms with Crippen molar-refractivity contribution >= 4 is 11.7 Å². The molecule has 1 aromatic heterocycles. The van der Waals surface area contributed by atoms with Gasteiger partial charge in [-0.3, -0.25) is 4.79 Å². The van der Waals surface area contributed by atoms with Crippen molar-refractivity contribution in [3.05, 3.63) is 53.0 Å². The van der Waals surface area contributed by atoms with Crippen LogP contribution in [0.2, 0.25) is 0 Å². The zero-order valence-electron chi connectivity index (χ0n) is 14.1. The summed E-state index contributed by atoms with van der Waals surface area (Å²) in [6, 6.07) is 9.98. The van der Waals surface area contributed by atoms with Crippen molar-refractivity contribution in [3.8, 4) is 0 Å². The highest BCUT2D eigenvalue weighted by Crippen LogP contribution is 2.20. The molecule has 0 fully saturated rings. The van der Waals surface area contributed by atoms with Crippen LogP contribution in [0.4, 0.5) is 5.82 Å². The van der Waals surface area contributed by atoms with E-state index >= 15 is 0 Å². The molecule has 2 heterocycles. The third kappa shape index (κ3) is 3.71.